The first-order chi connectivity index (χ1) is 6.58. The lowest BCUT2D eigenvalue weighted by molar-refractivity contribution is 0.151. The standard InChI is InChI=1S/C8H4Cl2F2N2/c9-4-1-3(7(11)12)2-5-6(4)14-8(10)13-5/h1-2,7H,(H,13,14). The maximum atomic E-state index is 12.4. The number of nitrogens with one attached hydrogen (secondary N) is 1. The van der Waals surface area contributed by atoms with E-state index in [2.05, 4.69) is 9.97 Å². The Kier molecular flexibility index (Phi) is 2.33. The monoisotopic (exact) mass is 236 g/mol. The largest absolute Gasteiger partial charge is 0.329 e. The van der Waals surface area contributed by atoms with Gasteiger partial charge in [0.05, 0.1) is 10.5 Å². The van der Waals surface area contributed by atoms with E-state index in [0.717, 1.165) is 0 Å². The Labute approximate surface area is 87.8 Å². The second-order valence-corrected chi connectivity index (χ2v) is 3.49. The Morgan fingerprint density at radius 1 is 1.29 bits per heavy atom. The minimum Gasteiger partial charge on any atom is -0.329 e. The van der Waals surface area contributed by atoms with Gasteiger partial charge in [-0.1, -0.05) is 11.6 Å². The van der Waals surface area contributed by atoms with Crippen molar-refractivity contribution in [2.24, 2.45) is 0 Å². The molecule has 74 valence electrons. The molecule has 0 aliphatic carbocycles. The molecule has 1 aromatic carbocycles. The van der Waals surface area contributed by atoms with Gasteiger partial charge in [-0.2, -0.15) is 0 Å². The van der Waals surface area contributed by atoms with Crippen LogP contribution in [0.25, 0.3) is 11.0 Å². The van der Waals surface area contributed by atoms with E-state index in [4.69, 9.17) is 23.2 Å². The fraction of sp³-hybridized carbons (Fsp3) is 0.125. The Morgan fingerprint density at radius 3 is 2.64 bits per heavy atom. The molecule has 0 radical (unpaired) electrons. The number of hydrogen-bond acceptors (Lipinski definition) is 1. The lowest BCUT2D eigenvalue weighted by atomic mass is 10.2. The molecule has 2 nitrogen and oxygen atoms in total. The second kappa shape index (κ2) is 3.37. The summed E-state index contributed by atoms with van der Waals surface area (Å²) in [6.07, 6.45) is -2.56. The van der Waals surface area contributed by atoms with Crippen molar-refractivity contribution in [3.05, 3.63) is 28.0 Å². The average Bonchev–Trinajstić information content (AvgIpc) is 2.45. The molecule has 1 N–H and O–H groups in total. The van der Waals surface area contributed by atoms with E-state index in [0.29, 0.717) is 11.0 Å². The fourth-order valence-electron chi connectivity index (χ4n) is 1.19. The minimum absolute atomic E-state index is 0.133. The summed E-state index contributed by atoms with van der Waals surface area (Å²) in [6.45, 7) is 0. The lowest BCUT2D eigenvalue weighted by Gasteiger charge is -2.00. The zero-order chi connectivity index (χ0) is 10.3. The van der Waals surface area contributed by atoms with Crippen LogP contribution in [0.1, 0.15) is 12.0 Å². The molecule has 0 spiro atoms. The second-order valence-electron chi connectivity index (χ2n) is 2.73. The maximum absolute atomic E-state index is 12.4. The SMILES string of the molecule is FC(F)c1cc(Cl)c2nc(Cl)[nH]c2c1. The third kappa shape index (κ3) is 1.55. The third-order valence-electron chi connectivity index (χ3n) is 1.79. The predicted molar refractivity (Wildman–Crippen MR) is 51.1 cm³/mol. The Morgan fingerprint density at radius 2 is 2.00 bits per heavy atom. The van der Waals surface area contributed by atoms with Gasteiger partial charge in [-0.05, 0) is 23.7 Å². The van der Waals surface area contributed by atoms with Crippen LogP contribution >= 0.6 is 23.2 Å². The molecule has 0 aliphatic heterocycles. The molecular weight excluding hydrogens is 233 g/mol. The number of hydrogen-bond donors (Lipinski definition) is 1. The molecule has 0 unspecified atom stereocenters. The van der Waals surface area contributed by atoms with Gasteiger partial charge >= 0.3 is 0 Å². The minimum atomic E-state index is -2.56. The summed E-state index contributed by atoms with van der Waals surface area (Å²) in [7, 11) is 0. The summed E-state index contributed by atoms with van der Waals surface area (Å²) >= 11 is 11.3. The van der Waals surface area contributed by atoms with Crippen molar-refractivity contribution in [2.75, 3.05) is 0 Å². The molecule has 14 heavy (non-hydrogen) atoms. The molecule has 2 aromatic rings. The van der Waals surface area contributed by atoms with E-state index in [1.807, 2.05) is 0 Å². The number of aromatic nitrogens is 2. The topological polar surface area (TPSA) is 28.7 Å². The first kappa shape index (κ1) is 9.68. The van der Waals surface area contributed by atoms with Crippen LogP contribution in [0, 0.1) is 0 Å². The van der Waals surface area contributed by atoms with Crippen molar-refractivity contribution in [2.45, 2.75) is 6.43 Å². The zero-order valence-corrected chi connectivity index (χ0v) is 8.20. The van der Waals surface area contributed by atoms with Crippen molar-refractivity contribution in [3.8, 4) is 0 Å². The van der Waals surface area contributed by atoms with E-state index in [9.17, 15) is 8.78 Å². The Bertz CT molecular complexity index is 481. The number of benzene rings is 1. The number of aromatic amines is 1. The van der Waals surface area contributed by atoms with Gasteiger partial charge in [-0.3, -0.25) is 0 Å². The highest BCUT2D eigenvalue weighted by Gasteiger charge is 2.12. The van der Waals surface area contributed by atoms with Crippen LogP contribution in [0.4, 0.5) is 8.78 Å². The smallest absolute Gasteiger partial charge is 0.263 e. The molecule has 1 aromatic heterocycles. The molecule has 0 amide bonds. The number of H-pyrrole nitrogens is 1. The average molecular weight is 237 g/mol. The van der Waals surface area contributed by atoms with Gasteiger partial charge in [0.25, 0.3) is 6.43 Å². The number of imidazole rings is 1. The van der Waals surface area contributed by atoms with Gasteiger partial charge in [0.2, 0.25) is 5.28 Å². The predicted octanol–water partition coefficient (Wildman–Crippen LogP) is 3.81. The van der Waals surface area contributed by atoms with Gasteiger partial charge in [-0.15, -0.1) is 0 Å². The van der Waals surface area contributed by atoms with Crippen LogP contribution in [-0.4, -0.2) is 9.97 Å². The van der Waals surface area contributed by atoms with Crippen LogP contribution in [0.3, 0.4) is 0 Å². The highest BCUT2D eigenvalue weighted by atomic mass is 35.5. The highest BCUT2D eigenvalue weighted by Crippen LogP contribution is 2.29. The summed E-state index contributed by atoms with van der Waals surface area (Å²) in [6, 6.07) is 2.47. The van der Waals surface area contributed by atoms with Crippen LogP contribution in [0.15, 0.2) is 12.1 Å². The van der Waals surface area contributed by atoms with Gasteiger partial charge in [0.1, 0.15) is 5.52 Å². The highest BCUT2D eigenvalue weighted by molar-refractivity contribution is 6.35. The molecule has 6 heteroatoms. The van der Waals surface area contributed by atoms with Gasteiger partial charge in [-0.25, -0.2) is 13.8 Å². The van der Waals surface area contributed by atoms with Crippen molar-refractivity contribution in [1.82, 2.24) is 9.97 Å². The number of halogens is 4. The third-order valence-corrected chi connectivity index (χ3v) is 2.25. The molecule has 0 aliphatic rings. The maximum Gasteiger partial charge on any atom is 0.263 e. The summed E-state index contributed by atoms with van der Waals surface area (Å²) in [5.41, 5.74) is 0.668. The number of fused-ring (bicyclic) bond motifs is 1. The zero-order valence-electron chi connectivity index (χ0n) is 6.69. The normalized spacial score (nSPS) is 11.5. The summed E-state index contributed by atoms with van der Waals surface area (Å²) in [5, 5.41) is 0.300. The summed E-state index contributed by atoms with van der Waals surface area (Å²) < 4.78 is 24.7. The Balaban J connectivity index is 2.71. The number of rotatable bonds is 1. The van der Waals surface area contributed by atoms with Crippen LogP contribution in [-0.2, 0) is 0 Å². The molecule has 0 saturated heterocycles. The van der Waals surface area contributed by atoms with Crippen LogP contribution < -0.4 is 0 Å². The molecule has 1 heterocycles. The Hall–Kier alpha value is -0.870. The number of alkyl halides is 2. The first-order valence-corrected chi connectivity index (χ1v) is 4.46. The van der Waals surface area contributed by atoms with E-state index in [-0.39, 0.29) is 15.9 Å². The molecule has 0 fully saturated rings. The molecule has 0 bridgehead atoms. The molecule has 0 atom stereocenters. The van der Waals surface area contributed by atoms with Crippen LogP contribution in [0.2, 0.25) is 10.3 Å². The molecular formula is C8H4Cl2F2N2. The fourth-order valence-corrected chi connectivity index (χ4v) is 1.65. The molecule has 2 rings (SSSR count). The molecule has 0 saturated carbocycles. The van der Waals surface area contributed by atoms with Gasteiger partial charge in [0, 0.05) is 5.56 Å². The van der Waals surface area contributed by atoms with E-state index < -0.39 is 6.43 Å². The van der Waals surface area contributed by atoms with Crippen LogP contribution in [0.5, 0.6) is 0 Å². The van der Waals surface area contributed by atoms with E-state index in [1.165, 1.54) is 12.1 Å². The van der Waals surface area contributed by atoms with Gasteiger partial charge < -0.3 is 4.98 Å². The van der Waals surface area contributed by atoms with E-state index >= 15 is 0 Å². The van der Waals surface area contributed by atoms with Crippen molar-refractivity contribution in [3.63, 3.8) is 0 Å². The van der Waals surface area contributed by atoms with E-state index in [1.54, 1.807) is 0 Å². The summed E-state index contributed by atoms with van der Waals surface area (Å²) in [4.78, 5) is 6.48. The van der Waals surface area contributed by atoms with Crippen molar-refractivity contribution in [1.29, 1.82) is 0 Å². The van der Waals surface area contributed by atoms with Gasteiger partial charge in [0.15, 0.2) is 0 Å². The van der Waals surface area contributed by atoms with Crippen molar-refractivity contribution >= 4 is 34.2 Å². The quantitative estimate of drug-likeness (QED) is 0.802. The lowest BCUT2D eigenvalue weighted by Crippen LogP contribution is -1.84. The number of nitrogens with zero attached hydrogens (tertiary/aromatic N) is 1. The van der Waals surface area contributed by atoms with Crippen molar-refractivity contribution < 1.29 is 8.78 Å². The summed E-state index contributed by atoms with van der Waals surface area (Å²) in [5.74, 6) is 0. The first-order valence-electron chi connectivity index (χ1n) is 3.70.